The average Bonchev–Trinajstić information content (AvgIpc) is 2.89. The molecule has 0 saturated carbocycles. The average molecular weight is 244 g/mol. The number of nitrogens with one attached hydrogen (secondary N) is 2. The fourth-order valence-corrected chi connectivity index (χ4v) is 2.08. The zero-order valence-corrected chi connectivity index (χ0v) is 10.1. The van der Waals surface area contributed by atoms with Gasteiger partial charge in [-0.2, -0.15) is 5.10 Å². The van der Waals surface area contributed by atoms with Crippen molar-refractivity contribution < 1.29 is 0 Å². The lowest BCUT2D eigenvalue weighted by Gasteiger charge is -2.25. The maximum atomic E-state index is 4.52. The van der Waals surface area contributed by atoms with Crippen LogP contribution in [0.5, 0.6) is 0 Å². The number of nitrogens with zero attached hydrogens (tertiary/aromatic N) is 4. The lowest BCUT2D eigenvalue weighted by atomic mass is 10.2. The zero-order valence-electron chi connectivity index (χ0n) is 10.1. The molecule has 2 aromatic heterocycles. The third-order valence-electron chi connectivity index (χ3n) is 3.05. The Morgan fingerprint density at radius 3 is 2.72 bits per heavy atom. The molecule has 2 N–H and O–H groups in total. The zero-order chi connectivity index (χ0) is 12.2. The lowest BCUT2D eigenvalue weighted by Crippen LogP contribution is -2.43. The minimum Gasteiger partial charge on any atom is -0.314 e. The molecule has 2 aromatic rings. The summed E-state index contributed by atoms with van der Waals surface area (Å²) in [5.74, 6) is 1.66. The number of pyridine rings is 1. The Bertz CT molecular complexity index is 488. The van der Waals surface area contributed by atoms with Crippen LogP contribution in [0.15, 0.2) is 24.5 Å². The minimum atomic E-state index is 0.738. The summed E-state index contributed by atoms with van der Waals surface area (Å²) in [5, 5.41) is 10.6. The van der Waals surface area contributed by atoms with E-state index in [0.717, 1.165) is 49.9 Å². The van der Waals surface area contributed by atoms with Crippen LogP contribution in [0.25, 0.3) is 11.4 Å². The van der Waals surface area contributed by atoms with Gasteiger partial charge < -0.3 is 5.32 Å². The molecule has 6 heteroatoms. The van der Waals surface area contributed by atoms with E-state index in [1.807, 2.05) is 12.1 Å². The molecule has 0 bridgehead atoms. The molecule has 0 unspecified atom stereocenters. The Balaban J connectivity index is 1.69. The van der Waals surface area contributed by atoms with Gasteiger partial charge in [0.15, 0.2) is 5.82 Å². The Morgan fingerprint density at radius 1 is 1.17 bits per heavy atom. The van der Waals surface area contributed by atoms with Crippen LogP contribution in [-0.4, -0.2) is 51.2 Å². The van der Waals surface area contributed by atoms with Crippen LogP contribution in [0.1, 0.15) is 5.82 Å². The molecule has 0 atom stereocenters. The topological polar surface area (TPSA) is 69.7 Å². The highest BCUT2D eigenvalue weighted by Crippen LogP contribution is 2.13. The molecule has 1 aliphatic rings. The number of aromatic amines is 1. The molecule has 6 nitrogen and oxygen atoms in total. The number of hydrogen-bond acceptors (Lipinski definition) is 5. The fourth-order valence-electron chi connectivity index (χ4n) is 2.08. The monoisotopic (exact) mass is 244 g/mol. The summed E-state index contributed by atoms with van der Waals surface area (Å²) in [6.07, 6.45) is 3.50. The molecule has 3 heterocycles. The number of aromatic nitrogens is 4. The smallest absolute Gasteiger partial charge is 0.181 e. The maximum Gasteiger partial charge on any atom is 0.181 e. The van der Waals surface area contributed by atoms with Gasteiger partial charge in [0.25, 0.3) is 0 Å². The summed E-state index contributed by atoms with van der Waals surface area (Å²) in [6.45, 7) is 5.05. The molecule has 1 fully saturated rings. The molecule has 0 aromatic carbocycles. The Labute approximate surface area is 105 Å². The lowest BCUT2D eigenvalue weighted by molar-refractivity contribution is 0.228. The van der Waals surface area contributed by atoms with E-state index in [-0.39, 0.29) is 0 Å². The van der Waals surface area contributed by atoms with Crippen molar-refractivity contribution in [1.82, 2.24) is 30.4 Å². The number of hydrogen-bond donors (Lipinski definition) is 2. The van der Waals surface area contributed by atoms with Gasteiger partial charge in [0.05, 0.1) is 6.54 Å². The van der Waals surface area contributed by atoms with E-state index < -0.39 is 0 Å². The summed E-state index contributed by atoms with van der Waals surface area (Å²) in [4.78, 5) is 10.9. The van der Waals surface area contributed by atoms with Gasteiger partial charge in [-0.05, 0) is 12.1 Å². The van der Waals surface area contributed by atoms with Crippen LogP contribution in [0, 0.1) is 0 Å². The first-order chi connectivity index (χ1) is 8.92. The second-order valence-electron chi connectivity index (χ2n) is 4.37. The van der Waals surface area contributed by atoms with E-state index in [1.54, 1.807) is 12.4 Å². The van der Waals surface area contributed by atoms with E-state index in [0.29, 0.717) is 0 Å². The molecule has 0 amide bonds. The van der Waals surface area contributed by atoms with Crippen molar-refractivity contribution in [2.75, 3.05) is 26.2 Å². The van der Waals surface area contributed by atoms with Crippen LogP contribution in [0.3, 0.4) is 0 Å². The molecule has 18 heavy (non-hydrogen) atoms. The molecule has 94 valence electrons. The summed E-state index contributed by atoms with van der Waals surface area (Å²) in [6, 6.07) is 3.83. The Morgan fingerprint density at radius 2 is 1.94 bits per heavy atom. The van der Waals surface area contributed by atoms with Gasteiger partial charge in [-0.15, -0.1) is 0 Å². The van der Waals surface area contributed by atoms with Crippen molar-refractivity contribution in [3.63, 3.8) is 0 Å². The first-order valence-corrected chi connectivity index (χ1v) is 6.16. The van der Waals surface area contributed by atoms with E-state index in [4.69, 9.17) is 0 Å². The van der Waals surface area contributed by atoms with Crippen molar-refractivity contribution in [3.8, 4) is 11.4 Å². The summed E-state index contributed by atoms with van der Waals surface area (Å²) >= 11 is 0. The third-order valence-corrected chi connectivity index (χ3v) is 3.05. The highest BCUT2D eigenvalue weighted by atomic mass is 15.3. The van der Waals surface area contributed by atoms with Crippen molar-refractivity contribution in [2.24, 2.45) is 0 Å². The van der Waals surface area contributed by atoms with Crippen LogP contribution in [0.2, 0.25) is 0 Å². The normalized spacial score (nSPS) is 16.9. The van der Waals surface area contributed by atoms with Gasteiger partial charge in [-0.3, -0.25) is 15.0 Å². The van der Waals surface area contributed by atoms with Crippen molar-refractivity contribution >= 4 is 0 Å². The van der Waals surface area contributed by atoms with Gasteiger partial charge in [-0.1, -0.05) is 0 Å². The first kappa shape index (κ1) is 11.3. The summed E-state index contributed by atoms with van der Waals surface area (Å²) in [5.41, 5.74) is 0.993. The Hall–Kier alpha value is -1.79. The molecule has 0 aliphatic carbocycles. The summed E-state index contributed by atoms with van der Waals surface area (Å²) < 4.78 is 0. The molecule has 0 spiro atoms. The largest absolute Gasteiger partial charge is 0.314 e. The molecular weight excluding hydrogens is 228 g/mol. The van der Waals surface area contributed by atoms with Gasteiger partial charge in [-0.25, -0.2) is 4.98 Å². The predicted octanol–water partition coefficient (Wildman–Crippen LogP) is 0.272. The third kappa shape index (κ3) is 2.55. The fraction of sp³-hybridized carbons (Fsp3) is 0.417. The second-order valence-corrected chi connectivity index (χ2v) is 4.37. The standard InChI is InChI=1S/C12H16N6/c1-3-13-4-2-10(1)12-15-11(16-17-12)9-18-7-5-14-6-8-18/h1-4,14H,5-9H2,(H,15,16,17). The molecule has 3 rings (SSSR count). The van der Waals surface area contributed by atoms with E-state index in [1.165, 1.54) is 0 Å². The Kier molecular flexibility index (Phi) is 3.29. The van der Waals surface area contributed by atoms with E-state index >= 15 is 0 Å². The van der Waals surface area contributed by atoms with Crippen LogP contribution in [0.4, 0.5) is 0 Å². The highest BCUT2D eigenvalue weighted by molar-refractivity contribution is 5.52. The number of H-pyrrole nitrogens is 1. The van der Waals surface area contributed by atoms with E-state index in [2.05, 4.69) is 30.4 Å². The highest BCUT2D eigenvalue weighted by Gasteiger charge is 2.12. The van der Waals surface area contributed by atoms with Gasteiger partial charge in [0, 0.05) is 44.1 Å². The van der Waals surface area contributed by atoms with Crippen LogP contribution >= 0.6 is 0 Å². The van der Waals surface area contributed by atoms with Crippen molar-refractivity contribution in [1.29, 1.82) is 0 Å². The molecule has 0 radical (unpaired) electrons. The van der Waals surface area contributed by atoms with Crippen LogP contribution in [-0.2, 0) is 6.54 Å². The molecular formula is C12H16N6. The van der Waals surface area contributed by atoms with Crippen LogP contribution < -0.4 is 5.32 Å². The van der Waals surface area contributed by atoms with Gasteiger partial charge in [0.2, 0.25) is 0 Å². The van der Waals surface area contributed by atoms with Gasteiger partial charge >= 0.3 is 0 Å². The molecule has 1 saturated heterocycles. The second kappa shape index (κ2) is 5.24. The number of rotatable bonds is 3. The SMILES string of the molecule is c1cc(-c2n[nH]c(CN3CCNCC3)n2)ccn1. The van der Waals surface area contributed by atoms with Gasteiger partial charge in [0.1, 0.15) is 5.82 Å². The minimum absolute atomic E-state index is 0.738. The summed E-state index contributed by atoms with van der Waals surface area (Å²) in [7, 11) is 0. The molecule has 1 aliphatic heterocycles. The van der Waals surface area contributed by atoms with E-state index in [9.17, 15) is 0 Å². The van der Waals surface area contributed by atoms with Crippen molar-refractivity contribution in [3.05, 3.63) is 30.4 Å². The predicted molar refractivity (Wildman–Crippen MR) is 67.8 cm³/mol. The quantitative estimate of drug-likeness (QED) is 0.811. The maximum absolute atomic E-state index is 4.52. The van der Waals surface area contributed by atoms with Crippen molar-refractivity contribution in [2.45, 2.75) is 6.54 Å². The number of piperazine rings is 1. The first-order valence-electron chi connectivity index (χ1n) is 6.16.